The van der Waals surface area contributed by atoms with E-state index in [9.17, 15) is 19.6 Å². The molecule has 0 aliphatic heterocycles. The van der Waals surface area contributed by atoms with Gasteiger partial charge in [0.15, 0.2) is 5.78 Å². The molecule has 7 N–H and O–H groups in total. The maximum absolute atomic E-state index is 11.1. The van der Waals surface area contributed by atoms with Crippen molar-refractivity contribution in [3.05, 3.63) is 0 Å². The zero-order chi connectivity index (χ0) is 14.5. The summed E-state index contributed by atoms with van der Waals surface area (Å²) in [5, 5.41) is 45.0. The molecule has 0 saturated heterocycles. The number of hydrogen-bond donors (Lipinski definition) is 7. The summed E-state index contributed by atoms with van der Waals surface area (Å²) < 4.78 is 14.1. The van der Waals surface area contributed by atoms with E-state index in [1.807, 2.05) is 0 Å². The normalized spacial score (nSPS) is 19.1. The maximum Gasteiger partial charge on any atom is 0.470 e. The van der Waals surface area contributed by atoms with Crippen molar-refractivity contribution >= 4 is 13.6 Å². The van der Waals surface area contributed by atoms with Crippen LogP contribution in [0.1, 0.15) is 0 Å². The Morgan fingerprint density at radius 2 is 1.61 bits per heavy atom. The summed E-state index contributed by atoms with van der Waals surface area (Å²) in [5.74, 6) is -1.31. The molecule has 18 heavy (non-hydrogen) atoms. The SMILES string of the molecule is O=C(COP(=O)(O)O)[C@@H](O)[C@@H](O)[C@H](O)[C@H](O)CO. The van der Waals surface area contributed by atoms with Gasteiger partial charge < -0.3 is 35.3 Å². The molecular formula is C7H15O10P. The first-order valence-electron chi connectivity index (χ1n) is 4.66. The predicted octanol–water partition coefficient (Wildman–Crippen LogP) is -3.90. The van der Waals surface area contributed by atoms with Crippen molar-refractivity contribution in [1.29, 1.82) is 0 Å². The van der Waals surface area contributed by atoms with Crippen LogP contribution in [-0.4, -0.2) is 78.7 Å². The Morgan fingerprint density at radius 1 is 1.11 bits per heavy atom. The molecular weight excluding hydrogens is 275 g/mol. The summed E-state index contributed by atoms with van der Waals surface area (Å²) in [5.41, 5.74) is 0. The van der Waals surface area contributed by atoms with Gasteiger partial charge in [0.25, 0.3) is 0 Å². The largest absolute Gasteiger partial charge is 0.470 e. The van der Waals surface area contributed by atoms with E-state index < -0.39 is 51.2 Å². The molecule has 11 heteroatoms. The van der Waals surface area contributed by atoms with Crippen molar-refractivity contribution in [1.82, 2.24) is 0 Å². The summed E-state index contributed by atoms with van der Waals surface area (Å²) in [6.07, 6.45) is -8.16. The van der Waals surface area contributed by atoms with Gasteiger partial charge in [-0.05, 0) is 0 Å². The second-order valence-electron chi connectivity index (χ2n) is 3.41. The molecule has 0 amide bonds. The molecule has 0 fully saturated rings. The second kappa shape index (κ2) is 7.24. The van der Waals surface area contributed by atoms with E-state index in [4.69, 9.17) is 25.1 Å². The quantitative estimate of drug-likeness (QED) is 0.218. The fourth-order valence-electron chi connectivity index (χ4n) is 0.946. The molecule has 4 atom stereocenters. The van der Waals surface area contributed by atoms with Gasteiger partial charge in [0, 0.05) is 0 Å². The maximum atomic E-state index is 11.1. The molecule has 0 heterocycles. The van der Waals surface area contributed by atoms with Crippen LogP contribution in [0.15, 0.2) is 0 Å². The summed E-state index contributed by atoms with van der Waals surface area (Å²) in [6.45, 7) is -2.11. The molecule has 0 rings (SSSR count). The van der Waals surface area contributed by atoms with Gasteiger partial charge in [0.1, 0.15) is 31.0 Å². The van der Waals surface area contributed by atoms with Crippen LogP contribution < -0.4 is 0 Å². The van der Waals surface area contributed by atoms with Gasteiger partial charge in [-0.3, -0.25) is 9.32 Å². The Balaban J connectivity index is 4.41. The highest BCUT2D eigenvalue weighted by Crippen LogP contribution is 2.35. The Morgan fingerprint density at radius 3 is 2.00 bits per heavy atom. The van der Waals surface area contributed by atoms with E-state index in [1.54, 1.807) is 0 Å². The van der Waals surface area contributed by atoms with Gasteiger partial charge in [-0.2, -0.15) is 0 Å². The Bertz CT molecular complexity index is 313. The number of phosphoric ester groups is 1. The monoisotopic (exact) mass is 290 g/mol. The fraction of sp³-hybridized carbons (Fsp3) is 0.857. The van der Waals surface area contributed by atoms with Gasteiger partial charge >= 0.3 is 7.82 Å². The highest BCUT2D eigenvalue weighted by molar-refractivity contribution is 7.46. The number of Topliss-reactive ketones (excluding diaryl/α,β-unsaturated/α-hetero) is 1. The molecule has 0 aliphatic carbocycles. The Kier molecular flexibility index (Phi) is 7.07. The van der Waals surface area contributed by atoms with Crippen LogP contribution in [-0.2, 0) is 13.9 Å². The van der Waals surface area contributed by atoms with Crippen molar-refractivity contribution in [2.45, 2.75) is 24.4 Å². The van der Waals surface area contributed by atoms with Crippen LogP contribution in [0.2, 0.25) is 0 Å². The minimum atomic E-state index is -4.90. The molecule has 0 aromatic rings. The van der Waals surface area contributed by atoms with E-state index in [-0.39, 0.29) is 0 Å². The van der Waals surface area contributed by atoms with E-state index in [0.29, 0.717) is 0 Å². The number of ketones is 1. The topological polar surface area (TPSA) is 185 Å². The summed E-state index contributed by atoms with van der Waals surface area (Å²) >= 11 is 0. The summed E-state index contributed by atoms with van der Waals surface area (Å²) in [7, 11) is -4.90. The van der Waals surface area contributed by atoms with E-state index in [0.717, 1.165) is 0 Å². The first-order chi connectivity index (χ1) is 8.10. The van der Waals surface area contributed by atoms with Crippen molar-refractivity contribution in [3.8, 4) is 0 Å². The molecule has 10 nitrogen and oxygen atoms in total. The molecule has 0 aromatic carbocycles. The summed E-state index contributed by atoms with van der Waals surface area (Å²) in [6, 6.07) is 0. The van der Waals surface area contributed by atoms with Crippen molar-refractivity contribution < 1.29 is 49.2 Å². The lowest BCUT2D eigenvalue weighted by Crippen LogP contribution is -2.49. The minimum Gasteiger partial charge on any atom is -0.394 e. The number of phosphoric acid groups is 1. The van der Waals surface area contributed by atoms with Gasteiger partial charge in [-0.1, -0.05) is 0 Å². The van der Waals surface area contributed by atoms with Crippen LogP contribution in [0.5, 0.6) is 0 Å². The number of carbonyl (C=O) groups is 1. The Hall–Kier alpha value is -0.420. The van der Waals surface area contributed by atoms with Gasteiger partial charge in [0.05, 0.1) is 6.61 Å². The van der Waals surface area contributed by atoms with Gasteiger partial charge in [-0.15, -0.1) is 0 Å². The Labute approximate surface area is 101 Å². The third kappa shape index (κ3) is 5.96. The predicted molar refractivity (Wildman–Crippen MR) is 54.1 cm³/mol. The smallest absolute Gasteiger partial charge is 0.394 e. The van der Waals surface area contributed by atoms with Crippen LogP contribution in [0.3, 0.4) is 0 Å². The molecule has 0 aliphatic rings. The van der Waals surface area contributed by atoms with Crippen LogP contribution >= 0.6 is 7.82 Å². The first kappa shape index (κ1) is 17.6. The highest BCUT2D eigenvalue weighted by atomic mass is 31.2. The molecule has 0 spiro atoms. The third-order valence-electron chi connectivity index (χ3n) is 1.96. The molecule has 0 aromatic heterocycles. The standard InChI is InChI=1S/C7H15O10P/c8-1-3(9)5(11)7(13)6(12)4(10)2-17-18(14,15)16/h3,5-9,11-13H,1-2H2,(H2,14,15,16)/t3-,5-,6-,7+/m1/s1. The van der Waals surface area contributed by atoms with Crippen molar-refractivity contribution in [2.75, 3.05) is 13.2 Å². The number of carbonyl (C=O) groups excluding carboxylic acids is 1. The van der Waals surface area contributed by atoms with Crippen LogP contribution in [0.4, 0.5) is 0 Å². The molecule has 0 saturated carbocycles. The summed E-state index contributed by atoms with van der Waals surface area (Å²) in [4.78, 5) is 27.7. The van der Waals surface area contributed by atoms with E-state index >= 15 is 0 Å². The average Bonchev–Trinajstić information content (AvgIpc) is 2.31. The molecule has 108 valence electrons. The second-order valence-corrected chi connectivity index (χ2v) is 4.65. The third-order valence-corrected chi connectivity index (χ3v) is 2.43. The van der Waals surface area contributed by atoms with Gasteiger partial charge in [0.2, 0.25) is 0 Å². The van der Waals surface area contributed by atoms with E-state index in [1.165, 1.54) is 0 Å². The van der Waals surface area contributed by atoms with Crippen molar-refractivity contribution in [2.24, 2.45) is 0 Å². The molecule has 0 unspecified atom stereocenters. The number of hydrogen-bond acceptors (Lipinski definition) is 8. The van der Waals surface area contributed by atoms with Gasteiger partial charge in [-0.25, -0.2) is 4.57 Å². The number of aliphatic hydroxyl groups excluding tert-OH is 5. The lowest BCUT2D eigenvalue weighted by molar-refractivity contribution is -0.149. The lowest BCUT2D eigenvalue weighted by Gasteiger charge is -2.24. The fourth-order valence-corrected chi connectivity index (χ4v) is 1.24. The number of aliphatic hydroxyl groups is 5. The first-order valence-corrected chi connectivity index (χ1v) is 6.19. The zero-order valence-corrected chi connectivity index (χ0v) is 9.92. The average molecular weight is 290 g/mol. The van der Waals surface area contributed by atoms with Crippen LogP contribution in [0, 0.1) is 0 Å². The molecule has 0 radical (unpaired) electrons. The number of rotatable bonds is 8. The zero-order valence-electron chi connectivity index (χ0n) is 9.03. The van der Waals surface area contributed by atoms with E-state index in [2.05, 4.69) is 4.52 Å². The minimum absolute atomic E-state index is 0.919. The lowest BCUT2D eigenvalue weighted by atomic mass is 10.0. The van der Waals surface area contributed by atoms with Crippen molar-refractivity contribution in [3.63, 3.8) is 0 Å². The molecule has 0 bridgehead atoms. The highest BCUT2D eigenvalue weighted by Gasteiger charge is 2.34. The van der Waals surface area contributed by atoms with Crippen LogP contribution in [0.25, 0.3) is 0 Å².